The summed E-state index contributed by atoms with van der Waals surface area (Å²) in [7, 11) is 0. The topological polar surface area (TPSA) is 0 Å². The van der Waals surface area contributed by atoms with Crippen LogP contribution in [0.15, 0.2) is 30.3 Å². The fraction of sp³-hybridized carbons (Fsp3) is 0.769. The van der Waals surface area contributed by atoms with Crippen molar-refractivity contribution >= 4 is 11.8 Å². The van der Waals surface area contributed by atoms with Crippen molar-refractivity contribution in [3.05, 3.63) is 35.9 Å². The van der Waals surface area contributed by atoms with Crippen molar-refractivity contribution < 1.29 is 0 Å². The number of hydrogen-bond donors (Lipinski definition) is 0. The van der Waals surface area contributed by atoms with Crippen LogP contribution in [0.3, 0.4) is 0 Å². The number of hydrogen-bond acceptors (Lipinski definition) is 1. The van der Waals surface area contributed by atoms with Gasteiger partial charge in [-0.25, -0.2) is 0 Å². The summed E-state index contributed by atoms with van der Waals surface area (Å²) >= 11 is 1.90. The first-order valence-electron chi connectivity index (χ1n) is 10.6. The first kappa shape index (κ1) is 37.3. The first-order valence-corrected chi connectivity index (χ1v) is 12.0. The minimum absolute atomic E-state index is 0. The van der Waals surface area contributed by atoms with E-state index in [1.165, 1.54) is 24.2 Å². The van der Waals surface area contributed by atoms with Gasteiger partial charge >= 0.3 is 0 Å². The highest BCUT2D eigenvalue weighted by atomic mass is 32.2. The van der Waals surface area contributed by atoms with Gasteiger partial charge in [-0.3, -0.25) is 0 Å². The van der Waals surface area contributed by atoms with Crippen LogP contribution in [0.1, 0.15) is 102 Å². The van der Waals surface area contributed by atoms with Crippen molar-refractivity contribution in [2.45, 2.75) is 103 Å². The van der Waals surface area contributed by atoms with Crippen LogP contribution in [0.4, 0.5) is 0 Å². The lowest BCUT2D eigenvalue weighted by Crippen LogP contribution is -1.77. The number of thioether (sulfide) groups is 1. The highest BCUT2D eigenvalue weighted by molar-refractivity contribution is 7.98. The van der Waals surface area contributed by atoms with Gasteiger partial charge in [0.05, 0.1) is 0 Å². The average Bonchev–Trinajstić information content (AvgIpc) is 2.56. The molecular formula is C26H56S. The Bertz CT molecular complexity index is 288. The first-order chi connectivity index (χ1) is 12.1. The minimum atomic E-state index is 0. The van der Waals surface area contributed by atoms with Gasteiger partial charge in [0.15, 0.2) is 0 Å². The highest BCUT2D eigenvalue weighted by Gasteiger charge is 1.80. The van der Waals surface area contributed by atoms with Crippen molar-refractivity contribution in [2.24, 2.45) is 17.8 Å². The maximum atomic E-state index is 2.22. The van der Waals surface area contributed by atoms with E-state index < -0.39 is 0 Å². The molecular weight excluding hydrogens is 344 g/mol. The zero-order chi connectivity index (χ0) is 21.4. The molecule has 0 aliphatic rings. The molecule has 27 heavy (non-hydrogen) atoms. The molecule has 0 saturated carbocycles. The zero-order valence-electron chi connectivity index (χ0n) is 20.4. The van der Waals surface area contributed by atoms with Crippen molar-refractivity contribution in [1.29, 1.82) is 0 Å². The summed E-state index contributed by atoms with van der Waals surface area (Å²) in [4.78, 5) is 0. The smallest absolute Gasteiger partial charge is 0.00729 e. The summed E-state index contributed by atoms with van der Waals surface area (Å²) in [5, 5.41) is 0. The van der Waals surface area contributed by atoms with Gasteiger partial charge in [-0.15, -0.1) is 0 Å². The Morgan fingerprint density at radius 2 is 1.07 bits per heavy atom. The number of benzene rings is 1. The van der Waals surface area contributed by atoms with Gasteiger partial charge in [-0.1, -0.05) is 120 Å². The maximum Gasteiger partial charge on any atom is -0.00729 e. The third kappa shape index (κ3) is 77.1. The highest BCUT2D eigenvalue weighted by Crippen LogP contribution is 1.97. The second-order valence-electron chi connectivity index (χ2n) is 8.10. The molecule has 1 heteroatoms. The largest absolute Gasteiger partial charge is 0.165 e. The summed E-state index contributed by atoms with van der Waals surface area (Å²) < 4.78 is 0. The second-order valence-corrected chi connectivity index (χ2v) is 9.08. The number of rotatable bonds is 4. The summed E-state index contributed by atoms with van der Waals surface area (Å²) in [5.74, 6) is 3.86. The van der Waals surface area contributed by atoms with Crippen molar-refractivity contribution in [2.75, 3.05) is 12.0 Å². The van der Waals surface area contributed by atoms with Gasteiger partial charge in [-0.05, 0) is 48.2 Å². The maximum absolute atomic E-state index is 2.22. The molecule has 1 rings (SSSR count). The molecule has 0 heterocycles. The van der Waals surface area contributed by atoms with Crippen LogP contribution in [0.5, 0.6) is 0 Å². The van der Waals surface area contributed by atoms with E-state index in [9.17, 15) is 0 Å². The second kappa shape index (κ2) is 33.2. The Labute approximate surface area is 180 Å². The molecule has 1 aromatic carbocycles. The van der Waals surface area contributed by atoms with Crippen LogP contribution in [0.25, 0.3) is 0 Å². The van der Waals surface area contributed by atoms with E-state index in [0.717, 1.165) is 24.2 Å². The molecule has 166 valence electrons. The summed E-state index contributed by atoms with van der Waals surface area (Å²) in [6.45, 7) is 24.0. The minimum Gasteiger partial charge on any atom is -0.165 e. The molecule has 0 bridgehead atoms. The Morgan fingerprint density at radius 1 is 0.741 bits per heavy atom. The molecule has 1 aromatic rings. The molecule has 0 amide bonds. The van der Waals surface area contributed by atoms with Crippen LogP contribution < -0.4 is 0 Å². The third-order valence-corrected chi connectivity index (χ3v) is 3.29. The summed E-state index contributed by atoms with van der Waals surface area (Å²) in [5.41, 5.74) is 1.41. The molecule has 0 nitrogen and oxygen atoms in total. The summed E-state index contributed by atoms with van der Waals surface area (Å²) in [6.07, 6.45) is 5.88. The van der Waals surface area contributed by atoms with E-state index in [2.05, 4.69) is 107 Å². The van der Waals surface area contributed by atoms with E-state index in [-0.39, 0.29) is 7.43 Å². The molecule has 0 radical (unpaired) electrons. The van der Waals surface area contributed by atoms with Gasteiger partial charge < -0.3 is 0 Å². The Hall–Kier alpha value is -0.430. The van der Waals surface area contributed by atoms with Crippen LogP contribution >= 0.6 is 11.8 Å². The standard InChI is InChI=1S/C8H10.C5H12.C4H10S.2C4H10.CH4/c1-2-8-6-4-3-5-7-8;1-4-5(2)3;1-3-4-5-2;2*1-4(2)3;/h3-7H,2H2,1H3;5H,4H2,1-3H3;3-4H2,1-2H3;2*4H,1-3H3;1H4. The summed E-state index contributed by atoms with van der Waals surface area (Å²) in [6, 6.07) is 10.5. The van der Waals surface area contributed by atoms with E-state index in [1.54, 1.807) is 0 Å². The van der Waals surface area contributed by atoms with E-state index in [1.807, 2.05) is 17.8 Å². The van der Waals surface area contributed by atoms with Crippen LogP contribution in [-0.2, 0) is 6.42 Å². The Balaban J connectivity index is -0.0000000767. The molecule has 0 fully saturated rings. The van der Waals surface area contributed by atoms with Crippen LogP contribution in [0.2, 0.25) is 0 Å². The zero-order valence-corrected chi connectivity index (χ0v) is 21.2. The van der Waals surface area contributed by atoms with E-state index in [4.69, 9.17) is 0 Å². The lowest BCUT2D eigenvalue weighted by atomic mass is 10.2. The molecule has 0 unspecified atom stereocenters. The Kier molecular flexibility index (Phi) is 45.9. The van der Waals surface area contributed by atoms with Gasteiger partial charge in [0, 0.05) is 0 Å². The van der Waals surface area contributed by atoms with Gasteiger partial charge in [0.2, 0.25) is 0 Å². The fourth-order valence-corrected chi connectivity index (χ4v) is 1.33. The van der Waals surface area contributed by atoms with Crippen LogP contribution in [-0.4, -0.2) is 12.0 Å². The lowest BCUT2D eigenvalue weighted by molar-refractivity contribution is 0.626. The molecule has 0 N–H and O–H groups in total. The van der Waals surface area contributed by atoms with Crippen LogP contribution in [0, 0.1) is 17.8 Å². The van der Waals surface area contributed by atoms with Gasteiger partial charge in [0.25, 0.3) is 0 Å². The normalized spacial score (nSPS) is 8.70. The molecule has 0 aliphatic carbocycles. The van der Waals surface area contributed by atoms with E-state index >= 15 is 0 Å². The fourth-order valence-electron chi connectivity index (χ4n) is 0.918. The van der Waals surface area contributed by atoms with E-state index in [0.29, 0.717) is 0 Å². The van der Waals surface area contributed by atoms with Gasteiger partial charge in [-0.2, -0.15) is 11.8 Å². The van der Waals surface area contributed by atoms with Crippen molar-refractivity contribution in [3.8, 4) is 0 Å². The van der Waals surface area contributed by atoms with Crippen molar-refractivity contribution in [3.63, 3.8) is 0 Å². The predicted molar refractivity (Wildman–Crippen MR) is 137 cm³/mol. The average molecular weight is 401 g/mol. The molecule has 0 aromatic heterocycles. The molecule has 0 saturated heterocycles. The third-order valence-electron chi connectivity index (χ3n) is 2.48. The SMILES string of the molecule is C.CC(C)C.CC(C)C.CCC(C)C.CCCSC.CCc1ccccc1. The Morgan fingerprint density at radius 3 is 1.19 bits per heavy atom. The molecule has 0 atom stereocenters. The quantitative estimate of drug-likeness (QED) is 0.484. The molecule has 0 aliphatic heterocycles. The van der Waals surface area contributed by atoms with Gasteiger partial charge in [0.1, 0.15) is 0 Å². The predicted octanol–water partition coefficient (Wildman–Crippen LogP) is 10.0. The monoisotopic (exact) mass is 400 g/mol. The molecule has 0 spiro atoms. The lowest BCUT2D eigenvalue weighted by Gasteiger charge is -1.90. The number of aryl methyl sites for hydroxylation is 1. The van der Waals surface area contributed by atoms with Crippen molar-refractivity contribution in [1.82, 2.24) is 0 Å².